The molecule has 1 atom stereocenters. The van der Waals surface area contributed by atoms with Gasteiger partial charge >= 0.3 is 0 Å². The highest BCUT2D eigenvalue weighted by Crippen LogP contribution is 2.23. The first-order valence-corrected chi connectivity index (χ1v) is 9.37. The molecule has 144 valence electrons. The summed E-state index contributed by atoms with van der Waals surface area (Å²) in [5, 5.41) is 0. The second-order valence-corrected chi connectivity index (χ2v) is 7.13. The minimum atomic E-state index is -0.536. The van der Waals surface area contributed by atoms with Crippen molar-refractivity contribution in [2.75, 3.05) is 13.1 Å². The quantitative estimate of drug-likeness (QED) is 0.787. The average molecular weight is 371 g/mol. The lowest BCUT2D eigenvalue weighted by molar-refractivity contribution is -0.139. The highest BCUT2D eigenvalue weighted by Gasteiger charge is 2.28. The van der Waals surface area contributed by atoms with Gasteiger partial charge in [-0.1, -0.05) is 18.2 Å². The fourth-order valence-electron chi connectivity index (χ4n) is 3.26. The van der Waals surface area contributed by atoms with Crippen molar-refractivity contribution in [3.05, 3.63) is 59.4 Å². The molecule has 0 unspecified atom stereocenters. The second-order valence-electron chi connectivity index (χ2n) is 7.13. The number of rotatable bonds is 5. The molecule has 0 aromatic heterocycles. The fourth-order valence-corrected chi connectivity index (χ4v) is 3.26. The van der Waals surface area contributed by atoms with Crippen molar-refractivity contribution in [1.82, 2.24) is 4.90 Å². The summed E-state index contributed by atoms with van der Waals surface area (Å²) in [5.74, 6) is 0.962. The van der Waals surface area contributed by atoms with Crippen LogP contribution >= 0.6 is 0 Å². The Morgan fingerprint density at radius 2 is 1.89 bits per heavy atom. The molecule has 0 bridgehead atoms. The van der Waals surface area contributed by atoms with Gasteiger partial charge in [-0.05, 0) is 50.1 Å². The molecule has 0 aliphatic carbocycles. The lowest BCUT2D eigenvalue weighted by atomic mass is 10.1. The molecule has 1 saturated heterocycles. The van der Waals surface area contributed by atoms with Gasteiger partial charge in [-0.2, -0.15) is 0 Å². The van der Waals surface area contributed by atoms with E-state index >= 15 is 0 Å². The average Bonchev–Trinajstić information content (AvgIpc) is 2.65. The van der Waals surface area contributed by atoms with Crippen LogP contribution in [0.3, 0.4) is 0 Å². The van der Waals surface area contributed by atoms with E-state index in [2.05, 4.69) is 0 Å². The summed E-state index contributed by atoms with van der Waals surface area (Å²) in [6.45, 7) is 6.99. The van der Waals surface area contributed by atoms with E-state index in [1.54, 1.807) is 19.1 Å². The fraction of sp³-hybridized carbons (Fsp3) is 0.409. The highest BCUT2D eigenvalue weighted by atomic mass is 19.1. The van der Waals surface area contributed by atoms with Crippen LogP contribution in [0.4, 0.5) is 4.39 Å². The molecular formula is C22H26FNO3. The molecule has 2 aromatic carbocycles. The molecule has 2 aromatic rings. The zero-order chi connectivity index (χ0) is 19.4. The molecule has 0 spiro atoms. The van der Waals surface area contributed by atoms with Gasteiger partial charge < -0.3 is 14.4 Å². The summed E-state index contributed by atoms with van der Waals surface area (Å²) < 4.78 is 25.0. The van der Waals surface area contributed by atoms with Crippen molar-refractivity contribution in [3.63, 3.8) is 0 Å². The maximum absolute atomic E-state index is 13.3. The standard InChI is InChI=1S/C22H26FNO3/c1-15-7-8-16(2)21(13-15)26-17(3)22(25)24-11-9-19(10-12-24)27-20-6-4-5-18(23)14-20/h4-8,13-14,17,19H,9-12H2,1-3H3/t17-/m0/s1. The Labute approximate surface area is 159 Å². The van der Waals surface area contributed by atoms with Crippen LogP contribution in [0, 0.1) is 19.7 Å². The number of ether oxygens (including phenoxy) is 2. The van der Waals surface area contributed by atoms with E-state index in [9.17, 15) is 9.18 Å². The lowest BCUT2D eigenvalue weighted by Crippen LogP contribution is -2.46. The number of hydrogen-bond acceptors (Lipinski definition) is 3. The van der Waals surface area contributed by atoms with Crippen molar-refractivity contribution < 1.29 is 18.7 Å². The molecule has 27 heavy (non-hydrogen) atoms. The van der Waals surface area contributed by atoms with Crippen molar-refractivity contribution in [3.8, 4) is 11.5 Å². The topological polar surface area (TPSA) is 38.8 Å². The summed E-state index contributed by atoms with van der Waals surface area (Å²) in [4.78, 5) is 14.5. The zero-order valence-corrected chi connectivity index (χ0v) is 16.1. The molecular weight excluding hydrogens is 345 g/mol. The van der Waals surface area contributed by atoms with Crippen LogP contribution in [0.25, 0.3) is 0 Å². The Hall–Kier alpha value is -2.56. The normalized spacial score (nSPS) is 16.1. The van der Waals surface area contributed by atoms with Gasteiger partial charge in [0.05, 0.1) is 0 Å². The van der Waals surface area contributed by atoms with E-state index in [-0.39, 0.29) is 17.8 Å². The SMILES string of the molecule is Cc1ccc(C)c(O[C@@H](C)C(=O)N2CCC(Oc3cccc(F)c3)CC2)c1. The van der Waals surface area contributed by atoms with Crippen molar-refractivity contribution in [2.45, 2.75) is 45.8 Å². The predicted molar refractivity (Wildman–Crippen MR) is 103 cm³/mol. The smallest absolute Gasteiger partial charge is 0.263 e. The van der Waals surface area contributed by atoms with Crippen LogP contribution in [0.15, 0.2) is 42.5 Å². The van der Waals surface area contributed by atoms with Crippen LogP contribution in [0.5, 0.6) is 11.5 Å². The molecule has 4 nitrogen and oxygen atoms in total. The van der Waals surface area contributed by atoms with Crippen LogP contribution in [0.2, 0.25) is 0 Å². The molecule has 1 amide bonds. The van der Waals surface area contributed by atoms with Gasteiger partial charge in [0.25, 0.3) is 5.91 Å². The highest BCUT2D eigenvalue weighted by molar-refractivity contribution is 5.81. The van der Waals surface area contributed by atoms with Gasteiger partial charge in [0, 0.05) is 32.0 Å². The Kier molecular flexibility index (Phi) is 5.99. The van der Waals surface area contributed by atoms with Crippen LogP contribution in [-0.2, 0) is 4.79 Å². The van der Waals surface area contributed by atoms with Gasteiger partial charge in [-0.25, -0.2) is 4.39 Å². The minimum absolute atomic E-state index is 0.00825. The zero-order valence-electron chi connectivity index (χ0n) is 16.1. The maximum atomic E-state index is 13.3. The van der Waals surface area contributed by atoms with Crippen LogP contribution in [0.1, 0.15) is 30.9 Å². The Balaban J connectivity index is 1.52. The number of aryl methyl sites for hydroxylation is 2. The summed E-state index contributed by atoms with van der Waals surface area (Å²) in [6, 6.07) is 12.1. The number of piperidine rings is 1. The van der Waals surface area contributed by atoms with Gasteiger partial charge in [-0.3, -0.25) is 4.79 Å². The third-order valence-corrected chi connectivity index (χ3v) is 4.85. The summed E-state index contributed by atoms with van der Waals surface area (Å²) in [6.07, 6.45) is 0.897. The van der Waals surface area contributed by atoms with E-state index in [0.29, 0.717) is 18.8 Å². The van der Waals surface area contributed by atoms with Gasteiger partial charge in [0.1, 0.15) is 23.4 Å². The van der Waals surface area contributed by atoms with Crippen molar-refractivity contribution in [1.29, 1.82) is 0 Å². The predicted octanol–water partition coefficient (Wildman–Crippen LogP) is 4.28. The second kappa shape index (κ2) is 8.42. The van der Waals surface area contributed by atoms with E-state index in [0.717, 1.165) is 29.7 Å². The van der Waals surface area contributed by atoms with Crippen LogP contribution < -0.4 is 9.47 Å². The van der Waals surface area contributed by atoms with Crippen molar-refractivity contribution in [2.24, 2.45) is 0 Å². The molecule has 1 aliphatic rings. The molecule has 1 fully saturated rings. The van der Waals surface area contributed by atoms with E-state index in [1.807, 2.05) is 36.9 Å². The Morgan fingerprint density at radius 3 is 2.59 bits per heavy atom. The first kappa shape index (κ1) is 19.2. The van der Waals surface area contributed by atoms with E-state index < -0.39 is 6.10 Å². The van der Waals surface area contributed by atoms with Gasteiger partial charge in [0.15, 0.2) is 6.10 Å². The largest absolute Gasteiger partial charge is 0.490 e. The summed E-state index contributed by atoms with van der Waals surface area (Å²) in [7, 11) is 0. The molecule has 0 radical (unpaired) electrons. The number of carbonyl (C=O) groups excluding carboxylic acids is 1. The first-order chi connectivity index (χ1) is 12.9. The lowest BCUT2D eigenvalue weighted by Gasteiger charge is -2.33. The number of carbonyl (C=O) groups is 1. The first-order valence-electron chi connectivity index (χ1n) is 9.37. The Bertz CT molecular complexity index is 800. The molecule has 3 rings (SSSR count). The number of nitrogens with zero attached hydrogens (tertiary/aromatic N) is 1. The molecule has 1 heterocycles. The minimum Gasteiger partial charge on any atom is -0.490 e. The van der Waals surface area contributed by atoms with Crippen molar-refractivity contribution >= 4 is 5.91 Å². The number of halogens is 1. The maximum Gasteiger partial charge on any atom is 0.263 e. The molecule has 0 N–H and O–H groups in total. The molecule has 1 aliphatic heterocycles. The third-order valence-electron chi connectivity index (χ3n) is 4.85. The van der Waals surface area contributed by atoms with E-state index in [4.69, 9.17) is 9.47 Å². The number of benzene rings is 2. The van der Waals surface area contributed by atoms with Gasteiger partial charge in [0.2, 0.25) is 0 Å². The summed E-state index contributed by atoms with van der Waals surface area (Å²) >= 11 is 0. The van der Waals surface area contributed by atoms with Gasteiger partial charge in [-0.15, -0.1) is 0 Å². The summed E-state index contributed by atoms with van der Waals surface area (Å²) in [5.41, 5.74) is 2.12. The van der Waals surface area contributed by atoms with Crippen LogP contribution in [-0.4, -0.2) is 36.1 Å². The molecule has 0 saturated carbocycles. The number of hydrogen-bond donors (Lipinski definition) is 0. The number of amides is 1. The Morgan fingerprint density at radius 1 is 1.15 bits per heavy atom. The molecule has 5 heteroatoms. The van der Waals surface area contributed by atoms with E-state index in [1.165, 1.54) is 12.1 Å². The monoisotopic (exact) mass is 371 g/mol. The number of likely N-dealkylation sites (tertiary alicyclic amines) is 1. The third kappa shape index (κ3) is 5.00.